The van der Waals surface area contributed by atoms with Gasteiger partial charge in [-0.05, 0) is 38.6 Å². The van der Waals surface area contributed by atoms with Crippen molar-refractivity contribution >= 4 is 28.8 Å². The Morgan fingerprint density at radius 1 is 1.17 bits per heavy atom. The number of benzene rings is 1. The Hall–Kier alpha value is -3.02. The number of aliphatic imine (C=N–C) groups is 1. The molecule has 0 bridgehead atoms. The summed E-state index contributed by atoms with van der Waals surface area (Å²) in [6.07, 6.45) is 0.138. The third kappa shape index (κ3) is 6.40. The lowest BCUT2D eigenvalue weighted by atomic mass is 9.93. The summed E-state index contributed by atoms with van der Waals surface area (Å²) in [5.74, 6) is 0.558. The number of methoxy groups -OCH3 is 3. The minimum absolute atomic E-state index is 0.110. The lowest BCUT2D eigenvalue weighted by Gasteiger charge is -2.36. The Balaban J connectivity index is 1.99. The van der Waals surface area contributed by atoms with Gasteiger partial charge in [-0.3, -0.25) is 4.79 Å². The molecule has 1 atom stereocenters. The van der Waals surface area contributed by atoms with Crippen LogP contribution in [0, 0.1) is 0 Å². The molecule has 10 nitrogen and oxygen atoms in total. The molecule has 0 saturated carbocycles. The third-order valence-electron chi connectivity index (χ3n) is 5.70. The first kappa shape index (κ1) is 27.6. The van der Waals surface area contributed by atoms with E-state index in [0.717, 1.165) is 17.8 Å². The molecule has 2 heterocycles. The third-order valence-corrected chi connectivity index (χ3v) is 6.59. The molecule has 0 spiro atoms. The molecule has 2 aliphatic heterocycles. The van der Waals surface area contributed by atoms with E-state index in [1.54, 1.807) is 34.3 Å². The fraction of sp³-hybridized carbons (Fsp3) is 0.480. The normalized spacial score (nSPS) is 17.0. The summed E-state index contributed by atoms with van der Waals surface area (Å²) in [5.41, 5.74) is 2.38. The zero-order valence-corrected chi connectivity index (χ0v) is 22.4. The molecule has 36 heavy (non-hydrogen) atoms. The van der Waals surface area contributed by atoms with Crippen LogP contribution in [-0.2, 0) is 19.1 Å². The van der Waals surface area contributed by atoms with E-state index in [2.05, 4.69) is 10.3 Å². The molecule has 11 heteroatoms. The number of hydrogen-bond donors (Lipinski definition) is 1. The van der Waals surface area contributed by atoms with E-state index in [4.69, 9.17) is 18.9 Å². The molecular weight excluding hydrogens is 484 g/mol. The highest BCUT2D eigenvalue weighted by atomic mass is 32.2. The van der Waals surface area contributed by atoms with Crippen molar-refractivity contribution in [3.63, 3.8) is 0 Å². The molecule has 1 aromatic carbocycles. The van der Waals surface area contributed by atoms with Crippen LogP contribution in [0.25, 0.3) is 0 Å². The summed E-state index contributed by atoms with van der Waals surface area (Å²) in [6.45, 7) is 3.45. The number of thioether (sulfide) groups is 1. The Bertz CT molecular complexity index is 1070. The first-order valence-electron chi connectivity index (χ1n) is 11.5. The molecule has 2 aliphatic rings. The Labute approximate surface area is 216 Å². The Kier molecular flexibility index (Phi) is 9.80. The predicted octanol–water partition coefficient (Wildman–Crippen LogP) is 2.54. The highest BCUT2D eigenvalue weighted by molar-refractivity contribution is 8.16. The first-order valence-corrected chi connectivity index (χ1v) is 12.4. The molecule has 0 radical (unpaired) electrons. The van der Waals surface area contributed by atoms with Gasteiger partial charge in [0.15, 0.2) is 5.17 Å². The van der Waals surface area contributed by atoms with E-state index in [-0.39, 0.29) is 25.5 Å². The van der Waals surface area contributed by atoms with Gasteiger partial charge in [0.25, 0.3) is 0 Å². The van der Waals surface area contributed by atoms with Crippen molar-refractivity contribution < 1.29 is 28.5 Å². The highest BCUT2D eigenvalue weighted by Gasteiger charge is 2.42. The average Bonchev–Trinajstić information content (AvgIpc) is 3.24. The van der Waals surface area contributed by atoms with E-state index >= 15 is 0 Å². The summed E-state index contributed by atoms with van der Waals surface area (Å²) in [4.78, 5) is 34.7. The van der Waals surface area contributed by atoms with Gasteiger partial charge in [0, 0.05) is 37.5 Å². The van der Waals surface area contributed by atoms with Crippen LogP contribution in [0.2, 0.25) is 0 Å². The number of allylic oxidation sites excluding steroid dienone is 1. The Morgan fingerprint density at radius 2 is 1.94 bits per heavy atom. The van der Waals surface area contributed by atoms with Crippen molar-refractivity contribution in [3.05, 3.63) is 46.1 Å². The number of nitrogens with one attached hydrogen (secondary N) is 1. The van der Waals surface area contributed by atoms with Crippen LogP contribution in [0.3, 0.4) is 0 Å². The van der Waals surface area contributed by atoms with Crippen molar-refractivity contribution in [1.82, 2.24) is 15.1 Å². The average molecular weight is 519 g/mol. The van der Waals surface area contributed by atoms with Gasteiger partial charge in [0.1, 0.15) is 18.1 Å². The molecule has 0 aromatic heterocycles. The van der Waals surface area contributed by atoms with Gasteiger partial charge in [-0.15, -0.1) is 0 Å². The van der Waals surface area contributed by atoms with Crippen LogP contribution in [0.5, 0.6) is 11.5 Å². The van der Waals surface area contributed by atoms with Gasteiger partial charge in [0.05, 0.1) is 44.6 Å². The van der Waals surface area contributed by atoms with Crippen LogP contribution >= 0.6 is 11.8 Å². The molecule has 1 amide bonds. The maximum atomic E-state index is 13.3. The van der Waals surface area contributed by atoms with E-state index < -0.39 is 12.0 Å². The summed E-state index contributed by atoms with van der Waals surface area (Å²) < 4.78 is 21.6. The number of fused-ring (bicyclic) bond motifs is 1. The fourth-order valence-corrected chi connectivity index (χ4v) is 4.87. The second kappa shape index (κ2) is 12.8. The SMILES string of the molecule is COCCOC(=O)C1=C(C)N=C2SC=C(CC(=O)NCCN(C)C)N2C1c1ccc(OC)cc1OC. The van der Waals surface area contributed by atoms with Crippen LogP contribution in [0.1, 0.15) is 24.9 Å². The molecule has 0 aliphatic carbocycles. The van der Waals surface area contributed by atoms with Crippen LogP contribution in [0.15, 0.2) is 45.6 Å². The topological polar surface area (TPSA) is 102 Å². The van der Waals surface area contributed by atoms with E-state index in [0.29, 0.717) is 34.5 Å². The molecular formula is C25H34N4O6S. The number of esters is 1. The molecule has 1 unspecified atom stereocenters. The zero-order chi connectivity index (χ0) is 26.2. The summed E-state index contributed by atoms with van der Waals surface area (Å²) in [6, 6.07) is 4.83. The second-order valence-corrected chi connectivity index (χ2v) is 9.30. The van der Waals surface area contributed by atoms with Crippen molar-refractivity contribution in [2.24, 2.45) is 4.99 Å². The molecule has 196 valence electrons. The lowest BCUT2D eigenvalue weighted by molar-refractivity contribution is -0.141. The maximum absolute atomic E-state index is 13.3. The minimum Gasteiger partial charge on any atom is -0.497 e. The quantitative estimate of drug-likeness (QED) is 0.330. The number of hydrogen-bond acceptors (Lipinski definition) is 10. The molecule has 1 N–H and O–H groups in total. The van der Waals surface area contributed by atoms with Crippen molar-refractivity contribution in [3.8, 4) is 11.5 Å². The van der Waals surface area contributed by atoms with Gasteiger partial charge in [-0.25, -0.2) is 9.79 Å². The van der Waals surface area contributed by atoms with E-state index in [1.807, 2.05) is 41.4 Å². The van der Waals surface area contributed by atoms with E-state index in [9.17, 15) is 9.59 Å². The molecule has 0 saturated heterocycles. The smallest absolute Gasteiger partial charge is 0.338 e. The number of nitrogens with zero attached hydrogens (tertiary/aromatic N) is 3. The van der Waals surface area contributed by atoms with Crippen LogP contribution in [0.4, 0.5) is 0 Å². The number of amidine groups is 1. The molecule has 3 rings (SSSR count). The van der Waals surface area contributed by atoms with Crippen molar-refractivity contribution in [1.29, 1.82) is 0 Å². The first-order chi connectivity index (χ1) is 17.3. The van der Waals surface area contributed by atoms with Crippen LogP contribution in [-0.4, -0.2) is 88.6 Å². The van der Waals surface area contributed by atoms with Gasteiger partial charge in [-0.2, -0.15) is 0 Å². The fourth-order valence-electron chi connectivity index (χ4n) is 3.91. The number of ether oxygens (including phenoxy) is 4. The van der Waals surface area contributed by atoms with E-state index in [1.165, 1.54) is 11.8 Å². The molecule has 0 fully saturated rings. The largest absolute Gasteiger partial charge is 0.497 e. The van der Waals surface area contributed by atoms with Crippen molar-refractivity contribution in [2.45, 2.75) is 19.4 Å². The monoisotopic (exact) mass is 518 g/mol. The number of carbonyl (C=O) groups excluding carboxylic acids is 2. The number of likely N-dealkylation sites (N-methyl/N-ethyl adjacent to an activating group) is 1. The summed E-state index contributed by atoms with van der Waals surface area (Å²) >= 11 is 1.42. The van der Waals surface area contributed by atoms with Crippen molar-refractivity contribution in [2.75, 3.05) is 61.7 Å². The van der Waals surface area contributed by atoms with Gasteiger partial charge in [0.2, 0.25) is 5.91 Å². The number of carbonyl (C=O) groups is 2. The highest BCUT2D eigenvalue weighted by Crippen LogP contribution is 2.47. The summed E-state index contributed by atoms with van der Waals surface area (Å²) in [5, 5.41) is 5.53. The van der Waals surface area contributed by atoms with Gasteiger partial charge >= 0.3 is 5.97 Å². The number of amides is 1. The zero-order valence-electron chi connectivity index (χ0n) is 21.6. The number of rotatable bonds is 12. The van der Waals surface area contributed by atoms with Gasteiger partial charge < -0.3 is 34.1 Å². The standard InChI is InChI=1S/C25H34N4O6S/c1-16-22(24(31)35-12-11-32-4)23(19-8-7-18(33-5)14-20(19)34-6)29-17(15-36-25(29)27-16)13-21(30)26-9-10-28(2)3/h7-8,14-15,23H,9-13H2,1-6H3,(H,26,30). The summed E-state index contributed by atoms with van der Waals surface area (Å²) in [7, 11) is 8.59. The lowest BCUT2D eigenvalue weighted by Crippen LogP contribution is -2.39. The predicted molar refractivity (Wildman–Crippen MR) is 139 cm³/mol. The second-order valence-electron chi connectivity index (χ2n) is 8.46. The maximum Gasteiger partial charge on any atom is 0.338 e. The van der Waals surface area contributed by atoms with Crippen LogP contribution < -0.4 is 14.8 Å². The minimum atomic E-state index is -0.607. The van der Waals surface area contributed by atoms with Gasteiger partial charge in [-0.1, -0.05) is 11.8 Å². The Morgan fingerprint density at radius 3 is 2.61 bits per heavy atom. The molecule has 1 aromatic rings.